The molecule has 116 valence electrons. The second kappa shape index (κ2) is 6.84. The number of carbonyl (C=O) groups is 2. The second-order valence-electron chi connectivity index (χ2n) is 5.37. The summed E-state index contributed by atoms with van der Waals surface area (Å²) in [4.78, 5) is 24.7. The molecule has 0 unspecified atom stereocenters. The van der Waals surface area contributed by atoms with Gasteiger partial charge in [-0.15, -0.1) is 5.10 Å². The fourth-order valence-corrected chi connectivity index (χ4v) is 2.11. The van der Waals surface area contributed by atoms with Gasteiger partial charge in [-0.2, -0.15) is 0 Å². The van der Waals surface area contributed by atoms with Crippen LogP contribution in [-0.2, 0) is 4.79 Å². The van der Waals surface area contributed by atoms with Crippen LogP contribution >= 0.6 is 0 Å². The average molecular weight is 302 g/mol. The number of carbonyl (C=O) groups excluding carboxylic acids is 1. The van der Waals surface area contributed by atoms with E-state index in [-0.39, 0.29) is 18.4 Å². The largest absolute Gasteiger partial charge is 0.480 e. The summed E-state index contributed by atoms with van der Waals surface area (Å²) < 4.78 is 1.58. The molecule has 0 saturated heterocycles. The summed E-state index contributed by atoms with van der Waals surface area (Å²) in [6.07, 6.45) is 3.27. The monoisotopic (exact) mass is 302 g/mol. The maximum absolute atomic E-state index is 12.4. The van der Waals surface area contributed by atoms with Crippen LogP contribution in [-0.4, -0.2) is 50.0 Å². The van der Waals surface area contributed by atoms with Gasteiger partial charge in [0, 0.05) is 12.1 Å². The zero-order valence-electron chi connectivity index (χ0n) is 12.5. The third-order valence-corrected chi connectivity index (χ3v) is 3.00. The van der Waals surface area contributed by atoms with Crippen molar-refractivity contribution in [1.82, 2.24) is 19.9 Å². The first-order valence-corrected chi connectivity index (χ1v) is 6.95. The molecule has 0 aliphatic heterocycles. The number of benzene rings is 1. The number of nitrogens with zero attached hydrogens (tertiary/aromatic N) is 4. The summed E-state index contributed by atoms with van der Waals surface area (Å²) in [5, 5.41) is 16.5. The summed E-state index contributed by atoms with van der Waals surface area (Å²) in [6, 6.07) is 6.81. The number of rotatable bonds is 6. The van der Waals surface area contributed by atoms with Crippen LogP contribution in [0.4, 0.5) is 0 Å². The molecule has 1 N–H and O–H groups in total. The van der Waals surface area contributed by atoms with Crippen molar-refractivity contribution in [3.8, 4) is 5.69 Å². The highest BCUT2D eigenvalue weighted by molar-refractivity contribution is 5.96. The van der Waals surface area contributed by atoms with Crippen molar-refractivity contribution in [2.24, 2.45) is 5.92 Å². The number of hydrogen-bond acceptors (Lipinski definition) is 4. The lowest BCUT2D eigenvalue weighted by Gasteiger charge is -2.22. The first-order valence-electron chi connectivity index (χ1n) is 6.95. The average Bonchev–Trinajstić information content (AvgIpc) is 2.99. The molecule has 0 bridgehead atoms. The Balaban J connectivity index is 2.17. The molecule has 1 aromatic heterocycles. The molecule has 0 atom stereocenters. The molecule has 0 fully saturated rings. The van der Waals surface area contributed by atoms with Crippen molar-refractivity contribution in [1.29, 1.82) is 0 Å². The highest BCUT2D eigenvalue weighted by atomic mass is 16.4. The Labute approximate surface area is 128 Å². The smallest absolute Gasteiger partial charge is 0.323 e. The first kappa shape index (κ1) is 15.7. The van der Waals surface area contributed by atoms with E-state index < -0.39 is 5.97 Å². The Hall–Kier alpha value is -2.70. The summed E-state index contributed by atoms with van der Waals surface area (Å²) in [5.41, 5.74) is 1.23. The summed E-state index contributed by atoms with van der Waals surface area (Å²) >= 11 is 0. The van der Waals surface area contributed by atoms with Crippen molar-refractivity contribution in [2.75, 3.05) is 13.1 Å². The van der Waals surface area contributed by atoms with E-state index in [1.165, 1.54) is 4.90 Å². The number of carboxylic acid groups (broad SMARTS) is 1. The fourth-order valence-electron chi connectivity index (χ4n) is 2.11. The van der Waals surface area contributed by atoms with Gasteiger partial charge in [-0.3, -0.25) is 9.59 Å². The highest BCUT2D eigenvalue weighted by Crippen LogP contribution is 2.12. The minimum Gasteiger partial charge on any atom is -0.480 e. The third kappa shape index (κ3) is 3.91. The number of aliphatic carboxylic acids is 1. The van der Waals surface area contributed by atoms with Crippen molar-refractivity contribution >= 4 is 11.9 Å². The van der Waals surface area contributed by atoms with Crippen LogP contribution in [0.1, 0.15) is 24.2 Å². The molecular weight excluding hydrogens is 284 g/mol. The summed E-state index contributed by atoms with van der Waals surface area (Å²) in [5.74, 6) is -1.12. The maximum Gasteiger partial charge on any atom is 0.323 e. The number of hydrogen-bond donors (Lipinski definition) is 1. The number of amides is 1. The lowest BCUT2D eigenvalue weighted by molar-refractivity contribution is -0.137. The molecule has 7 nitrogen and oxygen atoms in total. The normalized spacial score (nSPS) is 10.7. The van der Waals surface area contributed by atoms with Gasteiger partial charge in [-0.25, -0.2) is 4.68 Å². The van der Waals surface area contributed by atoms with Crippen LogP contribution in [0.5, 0.6) is 0 Å². The lowest BCUT2D eigenvalue weighted by atomic mass is 10.1. The topological polar surface area (TPSA) is 88.3 Å². The van der Waals surface area contributed by atoms with Crippen LogP contribution in [0.25, 0.3) is 5.69 Å². The SMILES string of the molecule is CC(C)CN(CC(=O)O)C(=O)c1ccc(-n2ccnn2)cc1. The van der Waals surface area contributed by atoms with Gasteiger partial charge in [0.25, 0.3) is 5.91 Å². The van der Waals surface area contributed by atoms with E-state index in [0.29, 0.717) is 12.1 Å². The molecular formula is C15H18N4O3. The van der Waals surface area contributed by atoms with Gasteiger partial charge in [0.05, 0.1) is 18.1 Å². The molecule has 1 aromatic carbocycles. The Morgan fingerprint density at radius 3 is 2.45 bits per heavy atom. The van der Waals surface area contributed by atoms with Gasteiger partial charge in [-0.05, 0) is 30.2 Å². The summed E-state index contributed by atoms with van der Waals surface area (Å²) in [6.45, 7) is 3.98. The molecule has 2 aromatic rings. The van der Waals surface area contributed by atoms with Gasteiger partial charge < -0.3 is 10.0 Å². The van der Waals surface area contributed by atoms with E-state index in [1.807, 2.05) is 13.8 Å². The van der Waals surface area contributed by atoms with E-state index in [2.05, 4.69) is 10.3 Å². The Bertz CT molecular complexity index is 635. The number of carboxylic acids is 1. The predicted octanol–water partition coefficient (Wildman–Crippen LogP) is 1.45. The van der Waals surface area contributed by atoms with Crippen molar-refractivity contribution in [3.05, 3.63) is 42.2 Å². The molecule has 7 heteroatoms. The highest BCUT2D eigenvalue weighted by Gasteiger charge is 2.19. The van der Waals surface area contributed by atoms with Crippen LogP contribution in [0.3, 0.4) is 0 Å². The van der Waals surface area contributed by atoms with Crippen LogP contribution in [0.15, 0.2) is 36.7 Å². The van der Waals surface area contributed by atoms with E-state index in [9.17, 15) is 9.59 Å². The Morgan fingerprint density at radius 2 is 1.95 bits per heavy atom. The van der Waals surface area contributed by atoms with Gasteiger partial charge in [-0.1, -0.05) is 19.1 Å². The molecule has 0 spiro atoms. The minimum absolute atomic E-state index is 0.192. The Morgan fingerprint density at radius 1 is 1.27 bits per heavy atom. The molecule has 22 heavy (non-hydrogen) atoms. The third-order valence-electron chi connectivity index (χ3n) is 3.00. The quantitative estimate of drug-likeness (QED) is 0.872. The van der Waals surface area contributed by atoms with Crippen molar-refractivity contribution in [3.63, 3.8) is 0 Å². The van der Waals surface area contributed by atoms with Crippen LogP contribution < -0.4 is 0 Å². The molecule has 0 aliphatic carbocycles. The fraction of sp³-hybridized carbons (Fsp3) is 0.333. The zero-order valence-corrected chi connectivity index (χ0v) is 12.5. The van der Waals surface area contributed by atoms with Gasteiger partial charge in [0.15, 0.2) is 0 Å². The molecule has 0 radical (unpaired) electrons. The molecule has 2 rings (SSSR count). The molecule has 0 saturated carbocycles. The second-order valence-corrected chi connectivity index (χ2v) is 5.37. The van der Waals surface area contributed by atoms with Gasteiger partial charge >= 0.3 is 5.97 Å². The number of aromatic nitrogens is 3. The van der Waals surface area contributed by atoms with Crippen molar-refractivity contribution in [2.45, 2.75) is 13.8 Å². The molecule has 1 heterocycles. The maximum atomic E-state index is 12.4. The van der Waals surface area contributed by atoms with Crippen LogP contribution in [0, 0.1) is 5.92 Å². The standard InChI is InChI=1S/C15H18N4O3/c1-11(2)9-18(10-14(20)21)15(22)12-3-5-13(6-4-12)19-8-7-16-17-19/h3-8,11H,9-10H2,1-2H3,(H,20,21). The van der Waals surface area contributed by atoms with E-state index in [4.69, 9.17) is 5.11 Å². The Kier molecular flexibility index (Phi) is 4.88. The lowest BCUT2D eigenvalue weighted by Crippen LogP contribution is -2.38. The van der Waals surface area contributed by atoms with Crippen molar-refractivity contribution < 1.29 is 14.7 Å². The zero-order chi connectivity index (χ0) is 16.1. The van der Waals surface area contributed by atoms with Gasteiger partial charge in [0.2, 0.25) is 0 Å². The van der Waals surface area contributed by atoms with Crippen LogP contribution in [0.2, 0.25) is 0 Å². The van der Waals surface area contributed by atoms with E-state index >= 15 is 0 Å². The first-order chi connectivity index (χ1) is 10.5. The predicted molar refractivity (Wildman–Crippen MR) is 79.7 cm³/mol. The molecule has 1 amide bonds. The molecule has 0 aliphatic rings. The summed E-state index contributed by atoms with van der Waals surface area (Å²) in [7, 11) is 0. The van der Waals surface area contributed by atoms with E-state index in [1.54, 1.807) is 41.3 Å². The minimum atomic E-state index is -1.02. The van der Waals surface area contributed by atoms with E-state index in [0.717, 1.165) is 5.69 Å². The van der Waals surface area contributed by atoms with Gasteiger partial charge in [0.1, 0.15) is 6.54 Å².